The van der Waals surface area contributed by atoms with Crippen LogP contribution >= 0.6 is 24.8 Å². The van der Waals surface area contributed by atoms with Gasteiger partial charge in [0.25, 0.3) is 0 Å². The van der Waals surface area contributed by atoms with Gasteiger partial charge in [0.15, 0.2) is 0 Å². The molecule has 0 aromatic heterocycles. The number of nitrogens with zero attached hydrogens (tertiary/aromatic N) is 1. The van der Waals surface area contributed by atoms with Crippen LogP contribution in [0.5, 0.6) is 0 Å². The van der Waals surface area contributed by atoms with Crippen LogP contribution < -0.4 is 11.1 Å². The normalized spacial score (nSPS) is 26.5. The Bertz CT molecular complexity index is 313. The van der Waals surface area contributed by atoms with E-state index in [2.05, 4.69) is 24.2 Å². The summed E-state index contributed by atoms with van der Waals surface area (Å²) in [5.74, 6) is 0.573. The van der Waals surface area contributed by atoms with Crippen molar-refractivity contribution in [3.05, 3.63) is 0 Å². The molecule has 0 radical (unpaired) electrons. The lowest BCUT2D eigenvalue weighted by molar-refractivity contribution is -0.122. The van der Waals surface area contributed by atoms with Gasteiger partial charge in [-0.15, -0.1) is 24.8 Å². The highest BCUT2D eigenvalue weighted by Gasteiger charge is 2.29. The molecule has 2 saturated carbocycles. The van der Waals surface area contributed by atoms with E-state index in [4.69, 9.17) is 5.73 Å². The first-order valence-corrected chi connectivity index (χ1v) is 7.82. The lowest BCUT2D eigenvalue weighted by Crippen LogP contribution is -2.43. The summed E-state index contributed by atoms with van der Waals surface area (Å²) in [4.78, 5) is 14.4. The van der Waals surface area contributed by atoms with Crippen molar-refractivity contribution in [2.45, 2.75) is 70.0 Å². The van der Waals surface area contributed by atoms with Crippen LogP contribution in [0, 0.1) is 5.92 Å². The fraction of sp³-hybridized carbons (Fsp3) is 0.933. The molecule has 21 heavy (non-hydrogen) atoms. The molecule has 3 unspecified atom stereocenters. The molecule has 0 saturated heterocycles. The van der Waals surface area contributed by atoms with Crippen molar-refractivity contribution in [2.75, 3.05) is 13.6 Å². The number of hydrogen-bond acceptors (Lipinski definition) is 3. The van der Waals surface area contributed by atoms with E-state index < -0.39 is 0 Å². The number of nitrogens with one attached hydrogen (secondary N) is 1. The zero-order valence-electron chi connectivity index (χ0n) is 13.2. The van der Waals surface area contributed by atoms with Crippen molar-refractivity contribution >= 4 is 30.7 Å². The summed E-state index contributed by atoms with van der Waals surface area (Å²) in [6, 6.07) is 1.40. The molecule has 4 nitrogen and oxygen atoms in total. The van der Waals surface area contributed by atoms with Gasteiger partial charge in [0.05, 0.1) is 0 Å². The average molecular weight is 340 g/mol. The third kappa shape index (κ3) is 6.72. The largest absolute Gasteiger partial charge is 0.355 e. The van der Waals surface area contributed by atoms with Crippen molar-refractivity contribution < 1.29 is 4.79 Å². The molecule has 0 aromatic carbocycles. The number of carbonyl (C=O) groups excluding carboxylic acids is 1. The molecule has 0 spiro atoms. The lowest BCUT2D eigenvalue weighted by Gasteiger charge is -2.29. The molecule has 2 rings (SSSR count). The van der Waals surface area contributed by atoms with E-state index in [-0.39, 0.29) is 36.8 Å². The first-order valence-electron chi connectivity index (χ1n) is 7.82. The molecule has 2 aliphatic rings. The van der Waals surface area contributed by atoms with Crippen LogP contribution in [0.15, 0.2) is 0 Å². The number of rotatable bonds is 6. The lowest BCUT2D eigenvalue weighted by atomic mass is 9.83. The summed E-state index contributed by atoms with van der Waals surface area (Å²) < 4.78 is 0. The Morgan fingerprint density at radius 1 is 1.24 bits per heavy atom. The average Bonchev–Trinajstić information content (AvgIpc) is 3.22. The molecule has 6 heteroatoms. The third-order valence-electron chi connectivity index (χ3n) is 4.83. The minimum Gasteiger partial charge on any atom is -0.355 e. The van der Waals surface area contributed by atoms with E-state index in [9.17, 15) is 4.79 Å². The number of nitrogens with two attached hydrogens (primary N) is 1. The Hall–Kier alpha value is -0.0300. The van der Waals surface area contributed by atoms with Crippen LogP contribution in [-0.4, -0.2) is 42.5 Å². The Balaban J connectivity index is 0.00000200. The molecule has 2 fully saturated rings. The molecule has 0 aliphatic heterocycles. The van der Waals surface area contributed by atoms with Crippen LogP contribution in [-0.2, 0) is 4.79 Å². The van der Waals surface area contributed by atoms with Gasteiger partial charge in [0, 0.05) is 31.1 Å². The summed E-state index contributed by atoms with van der Waals surface area (Å²) in [7, 11) is 2.16. The highest BCUT2D eigenvalue weighted by atomic mass is 35.5. The molecular weight excluding hydrogens is 309 g/mol. The molecule has 3 N–H and O–H groups in total. The van der Waals surface area contributed by atoms with E-state index in [0.29, 0.717) is 18.4 Å². The second-order valence-electron chi connectivity index (χ2n) is 6.46. The van der Waals surface area contributed by atoms with Gasteiger partial charge in [0.2, 0.25) is 5.91 Å². The summed E-state index contributed by atoms with van der Waals surface area (Å²) in [6.07, 6.45) is 7.89. The standard InChI is InChI=1S/C15H29N3O.2ClH/c1-11(18(2)13-7-8-13)10-17-15(19)9-12-5-3-4-6-14(12)16;;/h11-14H,3-10,16H2,1-2H3,(H,17,19);2*1H. The fourth-order valence-electron chi connectivity index (χ4n) is 3.05. The Labute approximate surface area is 141 Å². The fourth-order valence-corrected chi connectivity index (χ4v) is 3.05. The maximum absolute atomic E-state index is 12.0. The van der Waals surface area contributed by atoms with Crippen molar-refractivity contribution in [1.82, 2.24) is 10.2 Å². The summed E-state index contributed by atoms with van der Waals surface area (Å²) >= 11 is 0. The molecule has 1 amide bonds. The number of hydrogen-bond donors (Lipinski definition) is 2. The van der Waals surface area contributed by atoms with Crippen molar-refractivity contribution in [2.24, 2.45) is 11.7 Å². The molecule has 3 atom stereocenters. The molecule has 0 bridgehead atoms. The van der Waals surface area contributed by atoms with E-state index >= 15 is 0 Å². The zero-order chi connectivity index (χ0) is 13.8. The van der Waals surface area contributed by atoms with Gasteiger partial charge in [-0.1, -0.05) is 12.8 Å². The van der Waals surface area contributed by atoms with Gasteiger partial charge in [0.1, 0.15) is 0 Å². The molecule has 0 aromatic rings. The SMILES string of the molecule is CC(CNC(=O)CC1CCCCC1N)N(C)C1CC1.Cl.Cl. The van der Waals surface area contributed by atoms with Crippen LogP contribution in [0.25, 0.3) is 0 Å². The van der Waals surface area contributed by atoms with Crippen molar-refractivity contribution in [3.63, 3.8) is 0 Å². The minimum absolute atomic E-state index is 0. The molecule has 0 heterocycles. The number of carbonyl (C=O) groups is 1. The van der Waals surface area contributed by atoms with Crippen molar-refractivity contribution in [1.29, 1.82) is 0 Å². The first kappa shape index (κ1) is 21.0. The van der Waals surface area contributed by atoms with E-state index in [1.165, 1.54) is 25.7 Å². The van der Waals surface area contributed by atoms with Crippen LogP contribution in [0.3, 0.4) is 0 Å². The van der Waals surface area contributed by atoms with Crippen LogP contribution in [0.4, 0.5) is 0 Å². The summed E-state index contributed by atoms with van der Waals surface area (Å²) in [6.45, 7) is 2.94. The quantitative estimate of drug-likeness (QED) is 0.780. The Morgan fingerprint density at radius 2 is 1.86 bits per heavy atom. The van der Waals surface area contributed by atoms with Gasteiger partial charge < -0.3 is 11.1 Å². The third-order valence-corrected chi connectivity index (χ3v) is 4.83. The highest BCUT2D eigenvalue weighted by molar-refractivity contribution is 5.85. The number of amides is 1. The van der Waals surface area contributed by atoms with Crippen LogP contribution in [0.2, 0.25) is 0 Å². The summed E-state index contributed by atoms with van der Waals surface area (Å²) in [5.41, 5.74) is 6.09. The smallest absolute Gasteiger partial charge is 0.220 e. The van der Waals surface area contributed by atoms with Gasteiger partial charge in [-0.05, 0) is 45.6 Å². The maximum Gasteiger partial charge on any atom is 0.220 e. The van der Waals surface area contributed by atoms with E-state index in [1.54, 1.807) is 0 Å². The van der Waals surface area contributed by atoms with E-state index in [1.807, 2.05) is 0 Å². The molecular formula is C15H31Cl2N3O. The van der Waals surface area contributed by atoms with E-state index in [0.717, 1.165) is 25.4 Å². The predicted molar refractivity (Wildman–Crippen MR) is 92.3 cm³/mol. The maximum atomic E-state index is 12.0. The topological polar surface area (TPSA) is 58.4 Å². The predicted octanol–water partition coefficient (Wildman–Crippen LogP) is 2.34. The van der Waals surface area contributed by atoms with Gasteiger partial charge in [-0.2, -0.15) is 0 Å². The minimum atomic E-state index is 0. The van der Waals surface area contributed by atoms with Crippen molar-refractivity contribution in [3.8, 4) is 0 Å². The van der Waals surface area contributed by atoms with Gasteiger partial charge in [-0.25, -0.2) is 0 Å². The summed E-state index contributed by atoms with van der Waals surface area (Å²) in [5, 5.41) is 3.08. The molecule has 2 aliphatic carbocycles. The first-order chi connectivity index (χ1) is 9.08. The Kier molecular flexibility index (Phi) is 9.87. The second kappa shape index (κ2) is 9.88. The second-order valence-corrected chi connectivity index (χ2v) is 6.46. The highest BCUT2D eigenvalue weighted by Crippen LogP contribution is 2.27. The number of halogens is 2. The van der Waals surface area contributed by atoms with Gasteiger partial charge >= 0.3 is 0 Å². The Morgan fingerprint density at radius 3 is 2.43 bits per heavy atom. The molecule has 126 valence electrons. The zero-order valence-corrected chi connectivity index (χ0v) is 14.8. The monoisotopic (exact) mass is 339 g/mol. The van der Waals surface area contributed by atoms with Gasteiger partial charge in [-0.3, -0.25) is 9.69 Å². The number of likely N-dealkylation sites (N-methyl/N-ethyl adjacent to an activating group) is 1. The van der Waals surface area contributed by atoms with Crippen LogP contribution in [0.1, 0.15) is 51.9 Å².